The Morgan fingerprint density at radius 1 is 0.879 bits per heavy atom. The van der Waals surface area contributed by atoms with Crippen LogP contribution < -0.4 is 9.47 Å². The number of methoxy groups -OCH3 is 1. The van der Waals surface area contributed by atoms with Crippen LogP contribution in [0.25, 0.3) is 10.8 Å². The zero-order valence-corrected chi connectivity index (χ0v) is 19.3. The molecule has 0 aliphatic carbocycles. The van der Waals surface area contributed by atoms with Gasteiger partial charge in [0.2, 0.25) is 10.0 Å². The van der Waals surface area contributed by atoms with Crippen LogP contribution >= 0.6 is 0 Å². The van der Waals surface area contributed by atoms with Crippen molar-refractivity contribution in [2.45, 2.75) is 24.7 Å². The van der Waals surface area contributed by atoms with Gasteiger partial charge >= 0.3 is 5.97 Å². The lowest BCUT2D eigenvalue weighted by molar-refractivity contribution is -0.140. The Labute approximate surface area is 193 Å². The van der Waals surface area contributed by atoms with Gasteiger partial charge < -0.3 is 9.47 Å². The lowest BCUT2D eigenvalue weighted by Crippen LogP contribution is -2.41. The first-order valence-corrected chi connectivity index (χ1v) is 12.1. The molecule has 0 spiro atoms. The fraction of sp³-hybridized carbons (Fsp3) is 0.280. The Hall–Kier alpha value is -3.23. The molecule has 8 heteroatoms. The van der Waals surface area contributed by atoms with Gasteiger partial charge in [0, 0.05) is 18.7 Å². The summed E-state index contributed by atoms with van der Waals surface area (Å²) >= 11 is 0. The average Bonchev–Trinajstić information content (AvgIpc) is 2.83. The Kier molecular flexibility index (Phi) is 6.49. The maximum absolute atomic E-state index is 12.9. The van der Waals surface area contributed by atoms with Gasteiger partial charge in [-0.1, -0.05) is 24.3 Å². The molecule has 7 nitrogen and oxygen atoms in total. The van der Waals surface area contributed by atoms with E-state index >= 15 is 0 Å². The molecule has 1 aliphatic rings. The zero-order chi connectivity index (χ0) is 23.6. The molecule has 3 aromatic carbocycles. The van der Waals surface area contributed by atoms with Crippen molar-refractivity contribution < 1.29 is 27.5 Å². The fourth-order valence-electron chi connectivity index (χ4n) is 3.94. The number of Topliss-reactive ketones (excluding diaryl/α,β-unsaturated/α-hetero) is 1. The highest BCUT2D eigenvalue weighted by atomic mass is 32.2. The molecule has 172 valence electrons. The molecule has 3 aromatic rings. The molecule has 0 N–H and O–H groups in total. The number of fused-ring (bicyclic) bond motifs is 1. The Morgan fingerprint density at radius 3 is 2.09 bits per heavy atom. The van der Waals surface area contributed by atoms with Gasteiger partial charge in [-0.3, -0.25) is 9.59 Å². The number of carbonyl (C=O) groups is 2. The van der Waals surface area contributed by atoms with Crippen LogP contribution in [0.4, 0.5) is 0 Å². The van der Waals surface area contributed by atoms with Gasteiger partial charge in [0.1, 0.15) is 11.5 Å². The quantitative estimate of drug-likeness (QED) is 0.309. The van der Waals surface area contributed by atoms with Gasteiger partial charge in [0.15, 0.2) is 5.78 Å². The molecule has 1 saturated heterocycles. The van der Waals surface area contributed by atoms with Gasteiger partial charge in [-0.25, -0.2) is 8.42 Å². The molecule has 0 unspecified atom stereocenters. The van der Waals surface area contributed by atoms with E-state index in [0.717, 1.165) is 16.5 Å². The number of hydrogen-bond donors (Lipinski definition) is 0. The molecule has 0 radical (unpaired) electrons. The summed E-state index contributed by atoms with van der Waals surface area (Å²) in [5.41, 5.74) is 0.461. The summed E-state index contributed by atoms with van der Waals surface area (Å²) in [5.74, 6) is 0.304. The highest BCUT2D eigenvalue weighted by molar-refractivity contribution is 7.89. The first kappa shape index (κ1) is 22.9. The summed E-state index contributed by atoms with van der Waals surface area (Å²) in [7, 11) is -2.09. The largest absolute Gasteiger partial charge is 0.497 e. The van der Waals surface area contributed by atoms with E-state index in [-0.39, 0.29) is 35.7 Å². The van der Waals surface area contributed by atoms with E-state index in [9.17, 15) is 18.0 Å². The number of nitrogens with zero attached hydrogens (tertiary/aromatic N) is 1. The third-order valence-electron chi connectivity index (χ3n) is 5.92. The molecule has 0 amide bonds. The van der Waals surface area contributed by atoms with E-state index in [0.29, 0.717) is 24.2 Å². The number of piperidine rings is 1. The van der Waals surface area contributed by atoms with E-state index in [4.69, 9.17) is 9.47 Å². The van der Waals surface area contributed by atoms with Crippen molar-refractivity contribution in [3.63, 3.8) is 0 Å². The minimum atomic E-state index is -3.69. The molecule has 0 bridgehead atoms. The predicted octanol–water partition coefficient (Wildman–Crippen LogP) is 4.06. The first-order valence-electron chi connectivity index (χ1n) is 10.7. The number of ether oxygens (including phenoxy) is 2. The molecule has 0 aromatic heterocycles. The number of rotatable bonds is 6. The highest BCUT2D eigenvalue weighted by Crippen LogP contribution is 2.28. The Bertz CT molecular complexity index is 1290. The molecule has 1 fully saturated rings. The van der Waals surface area contributed by atoms with Crippen LogP contribution in [0.15, 0.2) is 65.6 Å². The van der Waals surface area contributed by atoms with Crippen LogP contribution in [0.1, 0.15) is 30.1 Å². The maximum Gasteiger partial charge on any atom is 0.314 e. The molecular weight excluding hydrogens is 442 g/mol. The number of esters is 1. The first-order chi connectivity index (χ1) is 15.8. The number of hydrogen-bond acceptors (Lipinski definition) is 6. The summed E-state index contributed by atoms with van der Waals surface area (Å²) in [5, 5.41) is 1.90. The van der Waals surface area contributed by atoms with Gasteiger partial charge in [0.05, 0.1) is 17.9 Å². The summed E-state index contributed by atoms with van der Waals surface area (Å²) < 4.78 is 38.1. The second-order valence-electron chi connectivity index (χ2n) is 8.05. The molecule has 1 heterocycles. The van der Waals surface area contributed by atoms with Crippen molar-refractivity contribution in [2.75, 3.05) is 20.2 Å². The van der Waals surface area contributed by atoms with Gasteiger partial charge in [0.25, 0.3) is 0 Å². The van der Waals surface area contributed by atoms with Crippen molar-refractivity contribution in [1.29, 1.82) is 0 Å². The molecule has 4 rings (SSSR count). The number of carbonyl (C=O) groups excluding carboxylic acids is 2. The van der Waals surface area contributed by atoms with Crippen molar-refractivity contribution in [2.24, 2.45) is 5.92 Å². The third-order valence-corrected chi connectivity index (χ3v) is 7.84. The summed E-state index contributed by atoms with van der Waals surface area (Å²) in [6.07, 6.45) is 0.760. The van der Waals surface area contributed by atoms with Crippen LogP contribution in [0.3, 0.4) is 0 Å². The lowest BCUT2D eigenvalue weighted by atomic mass is 9.98. The van der Waals surface area contributed by atoms with E-state index in [2.05, 4.69) is 0 Å². The number of ketones is 1. The minimum absolute atomic E-state index is 0.121. The second kappa shape index (κ2) is 9.33. The highest BCUT2D eigenvalue weighted by Gasteiger charge is 2.33. The van der Waals surface area contributed by atoms with Crippen LogP contribution in [0.2, 0.25) is 0 Å². The van der Waals surface area contributed by atoms with E-state index in [1.165, 1.54) is 35.5 Å². The predicted molar refractivity (Wildman–Crippen MR) is 124 cm³/mol. The van der Waals surface area contributed by atoms with Crippen LogP contribution in [-0.2, 0) is 14.8 Å². The van der Waals surface area contributed by atoms with E-state index in [1.54, 1.807) is 19.2 Å². The molecule has 33 heavy (non-hydrogen) atoms. The molecular formula is C25H25NO6S. The topological polar surface area (TPSA) is 90.0 Å². The Morgan fingerprint density at radius 2 is 1.48 bits per heavy atom. The maximum atomic E-state index is 12.9. The molecule has 1 aliphatic heterocycles. The van der Waals surface area contributed by atoms with Crippen molar-refractivity contribution in [3.05, 3.63) is 66.2 Å². The fourth-order valence-corrected chi connectivity index (χ4v) is 5.41. The Balaban J connectivity index is 1.39. The second-order valence-corrected chi connectivity index (χ2v) is 9.99. The van der Waals surface area contributed by atoms with Gasteiger partial charge in [-0.05, 0) is 66.9 Å². The van der Waals surface area contributed by atoms with Crippen LogP contribution in [0, 0.1) is 5.92 Å². The van der Waals surface area contributed by atoms with Gasteiger partial charge in [-0.15, -0.1) is 0 Å². The SMILES string of the molecule is COc1ccc2ccc(OC(=O)C3CCN(S(=O)(=O)c4ccc(C(C)=O)cc4)CC3)cc2c1. The van der Waals surface area contributed by atoms with Crippen molar-refractivity contribution >= 4 is 32.5 Å². The van der Waals surface area contributed by atoms with Crippen molar-refractivity contribution in [1.82, 2.24) is 4.31 Å². The molecule has 0 saturated carbocycles. The van der Waals surface area contributed by atoms with Gasteiger partial charge in [-0.2, -0.15) is 4.31 Å². The third kappa shape index (κ3) is 4.91. The normalized spacial score (nSPS) is 15.3. The summed E-state index contributed by atoms with van der Waals surface area (Å²) in [6.45, 7) is 1.89. The average molecular weight is 468 g/mol. The number of benzene rings is 3. The van der Waals surface area contributed by atoms with Crippen LogP contribution in [-0.4, -0.2) is 44.7 Å². The minimum Gasteiger partial charge on any atom is -0.497 e. The monoisotopic (exact) mass is 467 g/mol. The summed E-state index contributed by atoms with van der Waals surface area (Å²) in [4.78, 5) is 24.3. The molecule has 0 atom stereocenters. The standard InChI is InChI=1S/C25H25NO6S/c1-17(27)18-5-9-24(10-6-18)33(29,30)26-13-11-20(12-14-26)25(28)32-23-8-4-19-3-7-22(31-2)15-21(19)16-23/h3-10,15-16,20H,11-14H2,1-2H3. The lowest BCUT2D eigenvalue weighted by Gasteiger charge is -2.30. The summed E-state index contributed by atoms with van der Waals surface area (Å²) in [6, 6.07) is 17.0. The van der Waals surface area contributed by atoms with Crippen molar-refractivity contribution in [3.8, 4) is 11.5 Å². The number of sulfonamides is 1. The smallest absolute Gasteiger partial charge is 0.314 e. The van der Waals surface area contributed by atoms with Crippen LogP contribution in [0.5, 0.6) is 11.5 Å². The van der Waals surface area contributed by atoms with E-state index in [1.807, 2.05) is 24.3 Å². The van der Waals surface area contributed by atoms with E-state index < -0.39 is 10.0 Å². The zero-order valence-electron chi connectivity index (χ0n) is 18.5.